The summed E-state index contributed by atoms with van der Waals surface area (Å²) in [5.74, 6) is 0.334. The summed E-state index contributed by atoms with van der Waals surface area (Å²) in [7, 11) is 4.09. The second kappa shape index (κ2) is 9.53. The van der Waals surface area contributed by atoms with Crippen LogP contribution < -0.4 is 10.9 Å². The summed E-state index contributed by atoms with van der Waals surface area (Å²) in [4.78, 5) is 27.2. The van der Waals surface area contributed by atoms with E-state index in [0.717, 1.165) is 74.0 Å². The molecule has 4 aromatic carbocycles. The molecule has 39 heavy (non-hydrogen) atoms. The number of nitrogens with zero attached hydrogens (tertiary/aromatic N) is 2. The summed E-state index contributed by atoms with van der Waals surface area (Å²) in [5, 5.41) is 3.13. The summed E-state index contributed by atoms with van der Waals surface area (Å²) < 4.78 is 4.30. The van der Waals surface area contributed by atoms with Crippen LogP contribution in [0.5, 0.6) is 0 Å². The number of pyridine rings is 2. The quantitative estimate of drug-likeness (QED) is 0.229. The molecule has 0 aliphatic heterocycles. The van der Waals surface area contributed by atoms with E-state index in [1.165, 1.54) is 11.1 Å². The molecule has 0 aliphatic carbocycles. The topological polar surface area (TPSA) is 44.0 Å². The second-order valence-electron chi connectivity index (χ2n) is 11.0. The fraction of sp³-hybridized carbons (Fsp3) is 0.257. The minimum atomic E-state index is 0.0952. The Kier molecular flexibility index (Phi) is 6.14. The molecule has 0 fully saturated rings. The number of aromatic nitrogens is 2. The molecule has 4 nitrogen and oxygen atoms in total. The van der Waals surface area contributed by atoms with Gasteiger partial charge in [-0.25, -0.2) is 0 Å². The van der Waals surface area contributed by atoms with E-state index >= 15 is 0 Å². The number of para-hydroxylation sites is 2. The van der Waals surface area contributed by atoms with Gasteiger partial charge in [-0.2, -0.15) is 0 Å². The Morgan fingerprint density at radius 3 is 2.18 bits per heavy atom. The number of benzene rings is 4. The van der Waals surface area contributed by atoms with Crippen LogP contribution in [0.3, 0.4) is 0 Å². The molecule has 0 amide bonds. The van der Waals surface area contributed by atoms with Gasteiger partial charge >= 0.3 is 0 Å². The van der Waals surface area contributed by atoms with Crippen molar-refractivity contribution in [3.63, 3.8) is 0 Å². The zero-order valence-corrected chi connectivity index (χ0v) is 23.3. The first-order valence-electron chi connectivity index (χ1n) is 13.9. The van der Waals surface area contributed by atoms with Crippen molar-refractivity contribution < 1.29 is 0 Å². The molecular formula is C35H34N2O2. The summed E-state index contributed by atoms with van der Waals surface area (Å²) in [6.45, 7) is 6.47. The van der Waals surface area contributed by atoms with Gasteiger partial charge in [-0.05, 0) is 83.8 Å². The normalized spacial score (nSPS) is 11.9. The Morgan fingerprint density at radius 1 is 0.692 bits per heavy atom. The fourth-order valence-electron chi connectivity index (χ4n) is 6.41. The number of hydrogen-bond donors (Lipinski definition) is 0. The van der Waals surface area contributed by atoms with Crippen LogP contribution in [0, 0.1) is 0 Å². The van der Waals surface area contributed by atoms with Gasteiger partial charge in [0.05, 0.1) is 22.1 Å². The Balaban J connectivity index is 1.43. The maximum atomic E-state index is 13.6. The summed E-state index contributed by atoms with van der Waals surface area (Å²) in [5.41, 5.74) is 8.77. The third-order valence-electron chi connectivity index (χ3n) is 8.46. The first-order valence-corrected chi connectivity index (χ1v) is 13.9. The number of aryl methyl sites for hydroxylation is 5. The van der Waals surface area contributed by atoms with Crippen molar-refractivity contribution in [1.29, 1.82) is 0 Å². The molecule has 6 rings (SSSR count). The molecule has 0 saturated carbocycles. The summed E-state index contributed by atoms with van der Waals surface area (Å²) >= 11 is 0. The Labute approximate surface area is 228 Å². The van der Waals surface area contributed by atoms with E-state index in [1.807, 2.05) is 43.4 Å². The monoisotopic (exact) mass is 514 g/mol. The first-order chi connectivity index (χ1) is 18.8. The second-order valence-corrected chi connectivity index (χ2v) is 11.0. The van der Waals surface area contributed by atoms with Gasteiger partial charge in [-0.15, -0.1) is 0 Å². The SMILES string of the molecule is CCc1c(CCc2ccc3c(c2)c(=O)c2cccc(C(C)C)c2n3C)ccc2c1c(=O)c1ccccc1n2C. The average molecular weight is 515 g/mol. The molecule has 2 heterocycles. The average Bonchev–Trinajstić information content (AvgIpc) is 2.96. The fourth-order valence-corrected chi connectivity index (χ4v) is 6.41. The van der Waals surface area contributed by atoms with Crippen molar-refractivity contribution in [1.82, 2.24) is 9.13 Å². The lowest BCUT2D eigenvalue weighted by atomic mass is 9.93. The van der Waals surface area contributed by atoms with Crippen LogP contribution in [0.15, 0.2) is 82.4 Å². The third kappa shape index (κ3) is 3.89. The highest BCUT2D eigenvalue weighted by molar-refractivity contribution is 5.96. The van der Waals surface area contributed by atoms with Crippen molar-refractivity contribution in [2.75, 3.05) is 0 Å². The lowest BCUT2D eigenvalue weighted by molar-refractivity contribution is 0.859. The van der Waals surface area contributed by atoms with Crippen LogP contribution in [-0.4, -0.2) is 9.13 Å². The minimum Gasteiger partial charge on any atom is -0.343 e. The largest absolute Gasteiger partial charge is 0.343 e. The van der Waals surface area contributed by atoms with E-state index in [2.05, 4.69) is 73.4 Å². The van der Waals surface area contributed by atoms with E-state index in [9.17, 15) is 9.59 Å². The molecule has 0 saturated heterocycles. The highest BCUT2D eigenvalue weighted by Gasteiger charge is 2.16. The number of hydrogen-bond acceptors (Lipinski definition) is 2. The van der Waals surface area contributed by atoms with E-state index < -0.39 is 0 Å². The molecule has 0 N–H and O–H groups in total. The standard InChI is InChI=1S/C35H34N2O2/c1-6-24-23(17-19-31-32(24)35(39)26-10-7-8-13-29(26)36(31)4)16-14-22-15-18-30-28(20-22)34(38)27-12-9-11-25(21(2)3)33(27)37(30)5/h7-13,15,17-21H,6,14,16H2,1-5H3. The zero-order valence-electron chi connectivity index (χ0n) is 23.3. The summed E-state index contributed by atoms with van der Waals surface area (Å²) in [6.07, 6.45) is 2.41. The van der Waals surface area contributed by atoms with Crippen molar-refractivity contribution in [3.8, 4) is 0 Å². The van der Waals surface area contributed by atoms with Gasteiger partial charge in [-0.3, -0.25) is 9.59 Å². The van der Waals surface area contributed by atoms with Crippen molar-refractivity contribution in [2.45, 2.75) is 46.0 Å². The van der Waals surface area contributed by atoms with Crippen LogP contribution in [0.25, 0.3) is 43.6 Å². The molecule has 6 aromatic rings. The van der Waals surface area contributed by atoms with Gasteiger partial charge in [0.15, 0.2) is 10.9 Å². The minimum absolute atomic E-state index is 0.0952. The summed E-state index contributed by atoms with van der Waals surface area (Å²) in [6, 6.07) is 24.5. The predicted octanol–water partition coefficient (Wildman–Crippen LogP) is 7.17. The Bertz CT molecular complexity index is 2040. The lowest BCUT2D eigenvalue weighted by Gasteiger charge is -2.17. The van der Waals surface area contributed by atoms with Gasteiger partial charge in [0, 0.05) is 35.6 Å². The van der Waals surface area contributed by atoms with Crippen molar-refractivity contribution >= 4 is 43.6 Å². The highest BCUT2D eigenvalue weighted by atomic mass is 16.1. The van der Waals surface area contributed by atoms with Crippen LogP contribution in [0.2, 0.25) is 0 Å². The molecule has 196 valence electrons. The predicted molar refractivity (Wildman–Crippen MR) is 164 cm³/mol. The smallest absolute Gasteiger partial charge is 0.197 e. The maximum Gasteiger partial charge on any atom is 0.197 e. The molecule has 0 radical (unpaired) electrons. The molecular weight excluding hydrogens is 480 g/mol. The third-order valence-corrected chi connectivity index (χ3v) is 8.46. The number of rotatable bonds is 5. The van der Waals surface area contributed by atoms with Crippen LogP contribution in [-0.2, 0) is 33.4 Å². The molecule has 4 heteroatoms. The lowest BCUT2D eigenvalue weighted by Crippen LogP contribution is -2.13. The highest BCUT2D eigenvalue weighted by Crippen LogP contribution is 2.28. The molecule has 0 unspecified atom stereocenters. The van der Waals surface area contributed by atoms with Gasteiger partial charge in [-0.1, -0.05) is 57.2 Å². The molecule has 0 aliphatic rings. The van der Waals surface area contributed by atoms with E-state index in [-0.39, 0.29) is 10.9 Å². The van der Waals surface area contributed by atoms with Crippen LogP contribution in [0.4, 0.5) is 0 Å². The van der Waals surface area contributed by atoms with Crippen molar-refractivity contribution in [3.05, 3.63) is 115 Å². The van der Waals surface area contributed by atoms with Gasteiger partial charge < -0.3 is 9.13 Å². The zero-order chi connectivity index (χ0) is 27.4. The van der Waals surface area contributed by atoms with Crippen LogP contribution >= 0.6 is 0 Å². The van der Waals surface area contributed by atoms with Crippen molar-refractivity contribution in [2.24, 2.45) is 14.1 Å². The van der Waals surface area contributed by atoms with E-state index in [1.54, 1.807) is 0 Å². The molecule has 0 spiro atoms. The maximum absolute atomic E-state index is 13.6. The van der Waals surface area contributed by atoms with Gasteiger partial charge in [0.2, 0.25) is 0 Å². The molecule has 0 atom stereocenters. The molecule has 2 aromatic heterocycles. The number of fused-ring (bicyclic) bond motifs is 4. The van der Waals surface area contributed by atoms with Crippen LogP contribution in [0.1, 0.15) is 48.9 Å². The molecule has 0 bridgehead atoms. The first kappa shape index (κ1) is 25.1. The Hall–Kier alpha value is -4.18. The van der Waals surface area contributed by atoms with E-state index in [0.29, 0.717) is 5.92 Å². The Morgan fingerprint density at radius 2 is 1.41 bits per heavy atom. The van der Waals surface area contributed by atoms with E-state index in [4.69, 9.17) is 0 Å². The van der Waals surface area contributed by atoms with Gasteiger partial charge in [0.1, 0.15) is 0 Å². The van der Waals surface area contributed by atoms with Gasteiger partial charge in [0.25, 0.3) is 0 Å².